The maximum Gasteiger partial charge on any atom is 0.296 e. The fraction of sp³-hybridized carbons (Fsp3) is 0.238. The lowest BCUT2D eigenvalue weighted by atomic mass is 10.1. The highest BCUT2D eigenvalue weighted by Gasteiger charge is 2.26. The molecule has 1 aromatic heterocycles. The summed E-state index contributed by atoms with van der Waals surface area (Å²) in [5.41, 5.74) is 1.01. The standard InChI is InChI=1S/C21H23N3O4S/c1-14(2)20-19(21(26)24(23(20)4)17-10-6-5-7-11-17)22-29(27,28)18-12-8-9-16(13-18)15(3)25/h5-14,22H,1-4H3. The Morgan fingerprint density at radius 1 is 1.03 bits per heavy atom. The lowest BCUT2D eigenvalue weighted by Gasteiger charge is -2.13. The predicted molar refractivity (Wildman–Crippen MR) is 112 cm³/mol. The molecule has 0 saturated carbocycles. The van der Waals surface area contributed by atoms with Crippen molar-refractivity contribution >= 4 is 21.5 Å². The Hall–Kier alpha value is -3.13. The molecule has 0 amide bonds. The summed E-state index contributed by atoms with van der Waals surface area (Å²) in [5.74, 6) is -0.352. The van der Waals surface area contributed by atoms with Gasteiger partial charge in [0.05, 0.1) is 16.3 Å². The van der Waals surface area contributed by atoms with Gasteiger partial charge in [-0.3, -0.25) is 19.0 Å². The Morgan fingerprint density at radius 2 is 1.69 bits per heavy atom. The third-order valence-electron chi connectivity index (χ3n) is 4.65. The van der Waals surface area contributed by atoms with Crippen LogP contribution in [0.25, 0.3) is 5.69 Å². The second kappa shape index (κ2) is 7.71. The Bertz CT molecular complexity index is 1220. The van der Waals surface area contributed by atoms with Crippen molar-refractivity contribution in [1.82, 2.24) is 9.36 Å². The van der Waals surface area contributed by atoms with Crippen molar-refractivity contribution < 1.29 is 13.2 Å². The SMILES string of the molecule is CC(=O)c1cccc(S(=O)(=O)Nc2c(C(C)C)n(C)n(-c3ccccc3)c2=O)c1. The molecule has 1 N–H and O–H groups in total. The Balaban J connectivity index is 2.15. The molecule has 7 nitrogen and oxygen atoms in total. The quantitative estimate of drug-likeness (QED) is 0.628. The molecule has 0 aliphatic rings. The number of hydrogen-bond donors (Lipinski definition) is 1. The zero-order chi connectivity index (χ0) is 21.3. The number of anilines is 1. The number of para-hydroxylation sites is 1. The smallest absolute Gasteiger partial charge is 0.295 e. The molecular weight excluding hydrogens is 390 g/mol. The number of benzene rings is 2. The second-order valence-electron chi connectivity index (χ2n) is 7.08. The van der Waals surface area contributed by atoms with Crippen molar-refractivity contribution in [1.29, 1.82) is 0 Å². The van der Waals surface area contributed by atoms with Crippen molar-refractivity contribution in [3.8, 4) is 5.69 Å². The Morgan fingerprint density at radius 3 is 2.28 bits per heavy atom. The molecule has 29 heavy (non-hydrogen) atoms. The zero-order valence-corrected chi connectivity index (χ0v) is 17.5. The first-order valence-corrected chi connectivity index (χ1v) is 10.6. The maximum atomic E-state index is 13.2. The minimum absolute atomic E-state index is 0.000388. The first-order valence-electron chi connectivity index (χ1n) is 9.14. The molecule has 0 saturated heterocycles. The van der Waals surface area contributed by atoms with Crippen LogP contribution in [0, 0.1) is 0 Å². The number of ketones is 1. The number of nitrogens with one attached hydrogen (secondary N) is 1. The van der Waals surface area contributed by atoms with E-state index in [0.29, 0.717) is 11.4 Å². The highest BCUT2D eigenvalue weighted by Crippen LogP contribution is 2.25. The van der Waals surface area contributed by atoms with Crippen LogP contribution in [-0.2, 0) is 17.1 Å². The van der Waals surface area contributed by atoms with Gasteiger partial charge in [0.25, 0.3) is 15.6 Å². The van der Waals surface area contributed by atoms with E-state index in [1.54, 1.807) is 42.1 Å². The average molecular weight is 413 g/mol. The highest BCUT2D eigenvalue weighted by atomic mass is 32.2. The molecular formula is C21H23N3O4S. The third kappa shape index (κ3) is 3.88. The van der Waals surface area contributed by atoms with E-state index < -0.39 is 15.6 Å². The van der Waals surface area contributed by atoms with Gasteiger partial charge in [0, 0.05) is 12.6 Å². The number of carbonyl (C=O) groups excluding carboxylic acids is 1. The summed E-state index contributed by atoms with van der Waals surface area (Å²) >= 11 is 0. The van der Waals surface area contributed by atoms with Gasteiger partial charge in [-0.25, -0.2) is 13.1 Å². The summed E-state index contributed by atoms with van der Waals surface area (Å²) in [6.07, 6.45) is 0. The van der Waals surface area contributed by atoms with Crippen LogP contribution in [-0.4, -0.2) is 23.6 Å². The van der Waals surface area contributed by atoms with Crippen LogP contribution in [0.1, 0.15) is 42.7 Å². The monoisotopic (exact) mass is 413 g/mol. The molecule has 0 bridgehead atoms. The van der Waals surface area contributed by atoms with E-state index >= 15 is 0 Å². The van der Waals surface area contributed by atoms with Crippen molar-refractivity contribution in [2.75, 3.05) is 4.72 Å². The number of Topliss-reactive ketones (excluding diaryl/α,β-unsaturated/α-hetero) is 1. The van der Waals surface area contributed by atoms with E-state index in [4.69, 9.17) is 0 Å². The molecule has 0 fully saturated rings. The van der Waals surface area contributed by atoms with Gasteiger partial charge in [-0.05, 0) is 37.1 Å². The molecule has 0 radical (unpaired) electrons. The summed E-state index contributed by atoms with van der Waals surface area (Å²) in [5, 5.41) is 0. The Labute approximate surface area is 169 Å². The summed E-state index contributed by atoms with van der Waals surface area (Å²) in [7, 11) is -2.34. The Kier molecular flexibility index (Phi) is 5.48. The second-order valence-corrected chi connectivity index (χ2v) is 8.76. The van der Waals surface area contributed by atoms with Crippen LogP contribution < -0.4 is 10.3 Å². The number of hydrogen-bond acceptors (Lipinski definition) is 4. The molecule has 1 heterocycles. The first kappa shape index (κ1) is 20.6. The molecule has 0 spiro atoms. The highest BCUT2D eigenvalue weighted by molar-refractivity contribution is 7.92. The van der Waals surface area contributed by atoms with Gasteiger partial charge in [-0.2, -0.15) is 0 Å². The van der Waals surface area contributed by atoms with Crippen LogP contribution in [0.15, 0.2) is 64.3 Å². The molecule has 3 rings (SSSR count). The fourth-order valence-electron chi connectivity index (χ4n) is 3.31. The van der Waals surface area contributed by atoms with E-state index in [-0.39, 0.29) is 27.8 Å². The van der Waals surface area contributed by atoms with Gasteiger partial charge in [-0.1, -0.05) is 44.2 Å². The molecule has 8 heteroatoms. The van der Waals surface area contributed by atoms with Crippen molar-refractivity contribution in [2.24, 2.45) is 7.05 Å². The molecule has 152 valence electrons. The van der Waals surface area contributed by atoms with Crippen molar-refractivity contribution in [3.05, 3.63) is 76.2 Å². The lowest BCUT2D eigenvalue weighted by molar-refractivity contribution is 0.101. The van der Waals surface area contributed by atoms with Crippen LogP contribution >= 0.6 is 0 Å². The number of rotatable bonds is 6. The van der Waals surface area contributed by atoms with Gasteiger partial charge in [0.2, 0.25) is 0 Å². The summed E-state index contributed by atoms with van der Waals surface area (Å²) < 4.78 is 31.5. The van der Waals surface area contributed by atoms with Crippen molar-refractivity contribution in [2.45, 2.75) is 31.6 Å². The average Bonchev–Trinajstić information content (AvgIpc) is 2.92. The minimum Gasteiger partial charge on any atom is -0.295 e. The molecule has 3 aromatic rings. The minimum atomic E-state index is -4.06. The summed E-state index contributed by atoms with van der Waals surface area (Å²) in [6.45, 7) is 5.14. The van der Waals surface area contributed by atoms with E-state index in [0.717, 1.165) is 0 Å². The largest absolute Gasteiger partial charge is 0.296 e. The number of sulfonamides is 1. The fourth-order valence-corrected chi connectivity index (χ4v) is 4.43. The van der Waals surface area contributed by atoms with Gasteiger partial charge in [0.15, 0.2) is 5.78 Å². The van der Waals surface area contributed by atoms with Crippen LogP contribution in [0.5, 0.6) is 0 Å². The predicted octanol–water partition coefficient (Wildman–Crippen LogP) is 3.30. The normalized spacial score (nSPS) is 11.6. The number of carbonyl (C=O) groups is 1. The van der Waals surface area contributed by atoms with Crippen LogP contribution in [0.4, 0.5) is 5.69 Å². The van der Waals surface area contributed by atoms with E-state index in [1.807, 2.05) is 19.9 Å². The maximum absolute atomic E-state index is 13.2. The molecule has 2 aromatic carbocycles. The molecule has 0 atom stereocenters. The van der Waals surface area contributed by atoms with Crippen LogP contribution in [0.3, 0.4) is 0 Å². The van der Waals surface area contributed by atoms with Crippen molar-refractivity contribution in [3.63, 3.8) is 0 Å². The molecule has 0 aliphatic carbocycles. The topological polar surface area (TPSA) is 90.2 Å². The van der Waals surface area contributed by atoms with Gasteiger partial charge < -0.3 is 0 Å². The van der Waals surface area contributed by atoms with Gasteiger partial charge in [-0.15, -0.1) is 0 Å². The molecule has 0 unspecified atom stereocenters. The number of nitrogens with zero attached hydrogens (tertiary/aromatic N) is 2. The third-order valence-corrected chi connectivity index (χ3v) is 5.99. The van der Waals surface area contributed by atoms with E-state index in [1.165, 1.54) is 29.8 Å². The zero-order valence-electron chi connectivity index (χ0n) is 16.7. The lowest BCUT2D eigenvalue weighted by Crippen LogP contribution is -2.23. The summed E-state index contributed by atoms with van der Waals surface area (Å²) in [4.78, 5) is 24.7. The summed E-state index contributed by atoms with van der Waals surface area (Å²) in [6, 6.07) is 14.8. The van der Waals surface area contributed by atoms with Crippen LogP contribution in [0.2, 0.25) is 0 Å². The number of aromatic nitrogens is 2. The molecule has 0 aliphatic heterocycles. The van der Waals surface area contributed by atoms with Gasteiger partial charge in [0.1, 0.15) is 5.69 Å². The first-order chi connectivity index (χ1) is 13.6. The van der Waals surface area contributed by atoms with E-state index in [9.17, 15) is 18.0 Å². The van der Waals surface area contributed by atoms with Gasteiger partial charge >= 0.3 is 0 Å². The van der Waals surface area contributed by atoms with E-state index in [2.05, 4.69) is 4.72 Å².